The minimum Gasteiger partial charge on any atom is -0.467 e. The van der Waals surface area contributed by atoms with Gasteiger partial charge in [-0.15, -0.1) is 0 Å². The summed E-state index contributed by atoms with van der Waals surface area (Å²) >= 11 is 0. The zero-order chi connectivity index (χ0) is 20.2. The van der Waals surface area contributed by atoms with Crippen molar-refractivity contribution >= 4 is 0 Å². The smallest absolute Gasteiger partial charge is 0.316 e. The van der Waals surface area contributed by atoms with Gasteiger partial charge in [0.2, 0.25) is 0 Å². The summed E-state index contributed by atoms with van der Waals surface area (Å²) in [5.74, 6) is 1.42. The Labute approximate surface area is 170 Å². The van der Waals surface area contributed by atoms with E-state index in [1.807, 2.05) is 26.2 Å². The first-order chi connectivity index (χ1) is 14.1. The highest BCUT2D eigenvalue weighted by atomic mass is 16.5. The molecule has 1 aliphatic heterocycles. The number of hydrogen-bond acceptors (Lipinski definition) is 8. The van der Waals surface area contributed by atoms with Crippen LogP contribution in [0.3, 0.4) is 0 Å². The van der Waals surface area contributed by atoms with Gasteiger partial charge in [0, 0.05) is 30.2 Å². The van der Waals surface area contributed by atoms with Gasteiger partial charge in [-0.1, -0.05) is 5.16 Å². The molecule has 0 radical (unpaired) electrons. The molecular weight excluding hydrogens is 368 g/mol. The fraction of sp³-hybridized carbons (Fsp3) is 0.476. The van der Waals surface area contributed by atoms with E-state index >= 15 is 0 Å². The summed E-state index contributed by atoms with van der Waals surface area (Å²) < 4.78 is 10.3. The Balaban J connectivity index is 1.33. The quantitative estimate of drug-likeness (QED) is 0.630. The van der Waals surface area contributed by atoms with E-state index in [1.165, 1.54) is 0 Å². The van der Waals surface area contributed by atoms with Gasteiger partial charge in [0.05, 0.1) is 24.1 Å². The Morgan fingerprint density at radius 3 is 2.52 bits per heavy atom. The molecular formula is C21H26N6O2. The van der Waals surface area contributed by atoms with Crippen LogP contribution in [0.15, 0.2) is 29.3 Å². The molecule has 8 nitrogen and oxygen atoms in total. The van der Waals surface area contributed by atoms with Gasteiger partial charge in [-0.25, -0.2) is 19.9 Å². The maximum atomic E-state index is 5.28. The lowest BCUT2D eigenvalue weighted by molar-refractivity contribution is 0.176. The molecule has 1 aliphatic rings. The topological polar surface area (TPSA) is 90.1 Å². The number of ether oxygens (including phenoxy) is 1. The number of methoxy groups -OCH3 is 1. The van der Waals surface area contributed by atoms with Crippen molar-refractivity contribution < 1.29 is 9.26 Å². The first-order valence-corrected chi connectivity index (χ1v) is 9.94. The maximum Gasteiger partial charge on any atom is 0.316 e. The SMILES string of the molecule is COc1ncc(CN2CCC(Cc3cc(-c4c(C)noc4C)ncn3)CC2)cn1. The third-order valence-electron chi connectivity index (χ3n) is 5.49. The molecule has 0 aliphatic carbocycles. The van der Waals surface area contributed by atoms with Crippen molar-refractivity contribution in [3.8, 4) is 17.3 Å². The number of aromatic nitrogens is 5. The largest absolute Gasteiger partial charge is 0.467 e. The summed E-state index contributed by atoms with van der Waals surface area (Å²) in [4.78, 5) is 19.8. The number of aryl methyl sites for hydroxylation is 2. The molecule has 4 heterocycles. The third-order valence-corrected chi connectivity index (χ3v) is 5.49. The average Bonchev–Trinajstić information content (AvgIpc) is 3.08. The van der Waals surface area contributed by atoms with E-state index < -0.39 is 0 Å². The van der Waals surface area contributed by atoms with Gasteiger partial charge >= 0.3 is 6.01 Å². The predicted molar refractivity (Wildman–Crippen MR) is 107 cm³/mol. The van der Waals surface area contributed by atoms with Crippen molar-refractivity contribution in [1.82, 2.24) is 30.0 Å². The molecule has 0 aromatic carbocycles. The van der Waals surface area contributed by atoms with Crippen LogP contribution in [0.4, 0.5) is 0 Å². The van der Waals surface area contributed by atoms with E-state index in [4.69, 9.17) is 9.26 Å². The van der Waals surface area contributed by atoms with Gasteiger partial charge in [0.1, 0.15) is 12.1 Å². The van der Waals surface area contributed by atoms with Gasteiger partial charge in [0.15, 0.2) is 0 Å². The summed E-state index contributed by atoms with van der Waals surface area (Å²) in [5.41, 5.74) is 4.93. The van der Waals surface area contributed by atoms with Crippen LogP contribution < -0.4 is 4.74 Å². The zero-order valence-corrected chi connectivity index (χ0v) is 17.1. The summed E-state index contributed by atoms with van der Waals surface area (Å²) in [5, 5.41) is 4.03. The standard InChI is InChI=1S/C21H26N6O2/c1-14-20(15(2)29-26-14)19-9-18(24-13-25-19)8-16-4-6-27(7-5-16)12-17-10-22-21(28-3)23-11-17/h9-11,13,16H,4-8,12H2,1-3H3. The van der Waals surface area contributed by atoms with Gasteiger partial charge < -0.3 is 9.26 Å². The van der Waals surface area contributed by atoms with Crippen LogP contribution in [-0.4, -0.2) is 50.2 Å². The molecule has 0 spiro atoms. The molecule has 0 amide bonds. The second-order valence-electron chi connectivity index (χ2n) is 7.60. The maximum absolute atomic E-state index is 5.28. The molecule has 0 unspecified atom stereocenters. The van der Waals surface area contributed by atoms with Crippen molar-refractivity contribution in [1.29, 1.82) is 0 Å². The van der Waals surface area contributed by atoms with E-state index in [-0.39, 0.29) is 0 Å². The van der Waals surface area contributed by atoms with Gasteiger partial charge in [-0.3, -0.25) is 4.90 Å². The molecule has 0 atom stereocenters. The monoisotopic (exact) mass is 394 g/mol. The van der Waals surface area contributed by atoms with E-state index in [0.29, 0.717) is 11.9 Å². The first kappa shape index (κ1) is 19.4. The minimum atomic E-state index is 0.410. The zero-order valence-electron chi connectivity index (χ0n) is 17.1. The molecule has 8 heteroatoms. The van der Waals surface area contributed by atoms with Crippen LogP contribution in [0, 0.1) is 19.8 Å². The van der Waals surface area contributed by atoms with Gasteiger partial charge in [0.25, 0.3) is 0 Å². The molecule has 0 N–H and O–H groups in total. The first-order valence-electron chi connectivity index (χ1n) is 9.94. The lowest BCUT2D eigenvalue weighted by Gasteiger charge is -2.31. The number of rotatable bonds is 6. The lowest BCUT2D eigenvalue weighted by Crippen LogP contribution is -2.34. The summed E-state index contributed by atoms with van der Waals surface area (Å²) in [6, 6.07) is 2.49. The van der Waals surface area contributed by atoms with Crippen LogP contribution in [0.1, 0.15) is 35.6 Å². The van der Waals surface area contributed by atoms with Crippen LogP contribution in [0.25, 0.3) is 11.3 Å². The molecule has 1 fully saturated rings. The van der Waals surface area contributed by atoms with E-state index in [0.717, 1.165) is 72.9 Å². The van der Waals surface area contributed by atoms with Crippen molar-refractivity contribution in [3.05, 3.63) is 47.5 Å². The normalized spacial score (nSPS) is 15.6. The fourth-order valence-electron chi connectivity index (χ4n) is 3.93. The van der Waals surface area contributed by atoms with Crippen molar-refractivity contribution in [2.75, 3.05) is 20.2 Å². The predicted octanol–water partition coefficient (Wildman–Crippen LogP) is 3.00. The van der Waals surface area contributed by atoms with Crippen molar-refractivity contribution in [3.63, 3.8) is 0 Å². The summed E-state index contributed by atoms with van der Waals surface area (Å²) in [7, 11) is 1.58. The second-order valence-corrected chi connectivity index (χ2v) is 7.60. The highest BCUT2D eigenvalue weighted by molar-refractivity contribution is 5.63. The molecule has 152 valence electrons. The van der Waals surface area contributed by atoms with Gasteiger partial charge in [-0.05, 0) is 58.2 Å². The Kier molecular flexibility index (Phi) is 5.80. The van der Waals surface area contributed by atoms with E-state index in [9.17, 15) is 0 Å². The highest BCUT2D eigenvalue weighted by Gasteiger charge is 2.21. The fourth-order valence-corrected chi connectivity index (χ4v) is 3.93. The number of piperidine rings is 1. The molecule has 29 heavy (non-hydrogen) atoms. The third kappa shape index (κ3) is 4.59. The van der Waals surface area contributed by atoms with Gasteiger partial charge in [-0.2, -0.15) is 0 Å². The minimum absolute atomic E-state index is 0.410. The molecule has 1 saturated heterocycles. The Hall–Kier alpha value is -2.87. The Morgan fingerprint density at radius 2 is 1.86 bits per heavy atom. The molecule has 4 rings (SSSR count). The van der Waals surface area contributed by atoms with Crippen LogP contribution >= 0.6 is 0 Å². The van der Waals surface area contributed by atoms with E-state index in [1.54, 1.807) is 13.4 Å². The van der Waals surface area contributed by atoms with Crippen LogP contribution in [-0.2, 0) is 13.0 Å². The summed E-state index contributed by atoms with van der Waals surface area (Å²) in [6.07, 6.45) is 8.61. The molecule has 0 saturated carbocycles. The lowest BCUT2D eigenvalue weighted by atomic mass is 9.91. The number of nitrogens with zero attached hydrogens (tertiary/aromatic N) is 6. The Morgan fingerprint density at radius 1 is 1.10 bits per heavy atom. The van der Waals surface area contributed by atoms with Crippen LogP contribution in [0.2, 0.25) is 0 Å². The molecule has 3 aromatic rings. The second kappa shape index (κ2) is 8.65. The number of hydrogen-bond donors (Lipinski definition) is 0. The van der Waals surface area contributed by atoms with Crippen LogP contribution in [0.5, 0.6) is 6.01 Å². The Bertz CT molecular complexity index is 929. The van der Waals surface area contributed by atoms with E-state index in [2.05, 4.69) is 36.1 Å². The molecule has 0 bridgehead atoms. The van der Waals surface area contributed by atoms with Crippen molar-refractivity contribution in [2.45, 2.75) is 39.7 Å². The highest BCUT2D eigenvalue weighted by Crippen LogP contribution is 2.27. The molecule has 3 aromatic heterocycles. The summed E-state index contributed by atoms with van der Waals surface area (Å²) in [6.45, 7) is 6.87. The van der Waals surface area contributed by atoms with Crippen molar-refractivity contribution in [2.24, 2.45) is 5.92 Å². The average molecular weight is 394 g/mol. The number of likely N-dealkylation sites (tertiary alicyclic amines) is 1.